The van der Waals surface area contributed by atoms with E-state index in [2.05, 4.69) is 14.9 Å². The summed E-state index contributed by atoms with van der Waals surface area (Å²) in [6.45, 7) is 0.402. The second kappa shape index (κ2) is 6.98. The molecule has 7 heteroatoms. The number of hydrogen-bond donors (Lipinski definition) is 2. The summed E-state index contributed by atoms with van der Waals surface area (Å²) in [6, 6.07) is 5.96. The molecule has 2 N–H and O–H groups in total. The molecule has 0 spiro atoms. The summed E-state index contributed by atoms with van der Waals surface area (Å²) in [5.41, 5.74) is 0.335. The summed E-state index contributed by atoms with van der Waals surface area (Å²) in [7, 11) is 1.96. The topological polar surface area (TPSA) is 78.5 Å². The highest BCUT2D eigenvalue weighted by Gasteiger charge is 2.36. The zero-order valence-electron chi connectivity index (χ0n) is 13.9. The average molecular weight is 339 g/mol. The first kappa shape index (κ1) is 17.9. The second-order valence-electron chi connectivity index (χ2n) is 6.25. The standard InChI is InChI=1S/C16H25N3O3S/c1-17-15(20)13-6-8-14(9-7-13)23(21,22)18-12-16(19(2)3)10-4-5-11-16/h6-9,18H,4-5,10-12H2,1-3H3,(H,17,20). The molecule has 0 bridgehead atoms. The largest absolute Gasteiger partial charge is 0.355 e. The number of nitrogens with zero attached hydrogens (tertiary/aromatic N) is 1. The van der Waals surface area contributed by atoms with Crippen LogP contribution in [0.5, 0.6) is 0 Å². The van der Waals surface area contributed by atoms with Gasteiger partial charge in [-0.05, 0) is 51.2 Å². The van der Waals surface area contributed by atoms with Crippen molar-refractivity contribution in [2.24, 2.45) is 0 Å². The van der Waals surface area contributed by atoms with E-state index in [1.54, 1.807) is 0 Å². The Labute approximate surface area is 138 Å². The molecule has 0 radical (unpaired) electrons. The van der Waals surface area contributed by atoms with E-state index in [1.165, 1.54) is 31.3 Å². The number of nitrogens with one attached hydrogen (secondary N) is 2. The molecular weight excluding hydrogens is 314 g/mol. The highest BCUT2D eigenvalue weighted by atomic mass is 32.2. The number of carbonyl (C=O) groups excluding carboxylic acids is 1. The molecule has 0 aromatic heterocycles. The van der Waals surface area contributed by atoms with Crippen LogP contribution in [-0.2, 0) is 10.0 Å². The van der Waals surface area contributed by atoms with Gasteiger partial charge in [0.25, 0.3) is 5.91 Å². The summed E-state index contributed by atoms with van der Waals surface area (Å²) in [5.74, 6) is -0.237. The lowest BCUT2D eigenvalue weighted by molar-refractivity contribution is 0.0963. The van der Waals surface area contributed by atoms with E-state index in [0.717, 1.165) is 25.7 Å². The van der Waals surface area contributed by atoms with Crippen LogP contribution >= 0.6 is 0 Å². The maximum Gasteiger partial charge on any atom is 0.251 e. The van der Waals surface area contributed by atoms with Crippen LogP contribution in [0, 0.1) is 0 Å². The first-order valence-corrected chi connectivity index (χ1v) is 9.28. The number of sulfonamides is 1. The van der Waals surface area contributed by atoms with Gasteiger partial charge in [0.1, 0.15) is 0 Å². The van der Waals surface area contributed by atoms with Crippen molar-refractivity contribution >= 4 is 15.9 Å². The van der Waals surface area contributed by atoms with Gasteiger partial charge in [-0.3, -0.25) is 4.79 Å². The van der Waals surface area contributed by atoms with Crippen LogP contribution in [0.15, 0.2) is 29.2 Å². The summed E-state index contributed by atoms with van der Waals surface area (Å²) < 4.78 is 27.7. The van der Waals surface area contributed by atoms with Gasteiger partial charge in [-0.25, -0.2) is 13.1 Å². The smallest absolute Gasteiger partial charge is 0.251 e. The zero-order chi connectivity index (χ0) is 17.1. The predicted octanol–water partition coefficient (Wildman–Crippen LogP) is 1.20. The Morgan fingerprint density at radius 2 is 1.74 bits per heavy atom. The minimum absolute atomic E-state index is 0.102. The molecule has 1 aromatic rings. The van der Waals surface area contributed by atoms with Crippen molar-refractivity contribution in [2.45, 2.75) is 36.1 Å². The third-order valence-electron chi connectivity index (χ3n) is 4.73. The van der Waals surface area contributed by atoms with Crippen LogP contribution in [0.3, 0.4) is 0 Å². The lowest BCUT2D eigenvalue weighted by atomic mass is 9.97. The molecule has 23 heavy (non-hydrogen) atoms. The number of amides is 1. The highest BCUT2D eigenvalue weighted by molar-refractivity contribution is 7.89. The Kier molecular flexibility index (Phi) is 5.44. The SMILES string of the molecule is CNC(=O)c1ccc(S(=O)(=O)NCC2(N(C)C)CCCC2)cc1. The van der Waals surface area contributed by atoms with E-state index < -0.39 is 10.0 Å². The van der Waals surface area contributed by atoms with Crippen LogP contribution in [-0.4, -0.2) is 52.5 Å². The summed E-state index contributed by atoms with van der Waals surface area (Å²) in [5, 5.41) is 2.51. The molecule has 0 aliphatic heterocycles. The van der Waals surface area contributed by atoms with Gasteiger partial charge in [0.05, 0.1) is 4.90 Å². The van der Waals surface area contributed by atoms with Crippen LogP contribution in [0.2, 0.25) is 0 Å². The number of rotatable bonds is 6. The highest BCUT2D eigenvalue weighted by Crippen LogP contribution is 2.33. The number of hydrogen-bond acceptors (Lipinski definition) is 4. The molecule has 0 saturated heterocycles. The van der Waals surface area contributed by atoms with Crippen molar-refractivity contribution < 1.29 is 13.2 Å². The van der Waals surface area contributed by atoms with Crippen molar-refractivity contribution in [2.75, 3.05) is 27.7 Å². The van der Waals surface area contributed by atoms with E-state index in [1.807, 2.05) is 14.1 Å². The minimum Gasteiger partial charge on any atom is -0.355 e. The van der Waals surface area contributed by atoms with E-state index >= 15 is 0 Å². The van der Waals surface area contributed by atoms with E-state index in [-0.39, 0.29) is 16.3 Å². The van der Waals surface area contributed by atoms with Gasteiger partial charge in [-0.1, -0.05) is 12.8 Å². The normalized spacial score (nSPS) is 17.4. The zero-order valence-corrected chi connectivity index (χ0v) is 14.7. The number of carbonyl (C=O) groups is 1. The van der Waals surface area contributed by atoms with Crippen LogP contribution in [0.25, 0.3) is 0 Å². The molecular formula is C16H25N3O3S. The molecule has 1 fully saturated rings. The van der Waals surface area contributed by atoms with Gasteiger partial charge >= 0.3 is 0 Å². The molecule has 1 amide bonds. The third kappa shape index (κ3) is 3.91. The maximum absolute atomic E-state index is 12.5. The van der Waals surface area contributed by atoms with E-state index in [9.17, 15) is 13.2 Å². The van der Waals surface area contributed by atoms with E-state index in [0.29, 0.717) is 12.1 Å². The Morgan fingerprint density at radius 3 is 2.22 bits per heavy atom. The van der Waals surface area contributed by atoms with Crippen molar-refractivity contribution in [1.82, 2.24) is 14.9 Å². The van der Waals surface area contributed by atoms with Gasteiger partial charge in [0.2, 0.25) is 10.0 Å². The van der Waals surface area contributed by atoms with Crippen LogP contribution < -0.4 is 10.0 Å². The molecule has 0 unspecified atom stereocenters. The fourth-order valence-corrected chi connectivity index (χ4v) is 4.18. The fraction of sp³-hybridized carbons (Fsp3) is 0.562. The van der Waals surface area contributed by atoms with Gasteiger partial charge < -0.3 is 10.2 Å². The summed E-state index contributed by atoms with van der Waals surface area (Å²) in [4.78, 5) is 13.8. The first-order chi connectivity index (χ1) is 10.8. The lowest BCUT2D eigenvalue weighted by Gasteiger charge is -2.36. The molecule has 1 aliphatic carbocycles. The molecule has 6 nitrogen and oxygen atoms in total. The van der Waals surface area contributed by atoms with E-state index in [4.69, 9.17) is 0 Å². The summed E-state index contributed by atoms with van der Waals surface area (Å²) >= 11 is 0. The van der Waals surface area contributed by atoms with Gasteiger partial charge in [0, 0.05) is 24.7 Å². The first-order valence-electron chi connectivity index (χ1n) is 7.80. The molecule has 128 valence electrons. The Morgan fingerprint density at radius 1 is 1.17 bits per heavy atom. The molecule has 0 atom stereocenters. The number of benzene rings is 1. The van der Waals surface area contributed by atoms with Gasteiger partial charge in [-0.15, -0.1) is 0 Å². The quantitative estimate of drug-likeness (QED) is 0.816. The average Bonchev–Trinajstić information content (AvgIpc) is 3.03. The second-order valence-corrected chi connectivity index (χ2v) is 8.02. The monoisotopic (exact) mass is 339 g/mol. The number of likely N-dealkylation sites (N-methyl/N-ethyl adjacent to an activating group) is 1. The molecule has 0 heterocycles. The predicted molar refractivity (Wildman–Crippen MR) is 89.9 cm³/mol. The molecule has 1 aliphatic rings. The fourth-order valence-electron chi connectivity index (χ4n) is 3.06. The Balaban J connectivity index is 2.11. The van der Waals surface area contributed by atoms with Gasteiger partial charge in [0.15, 0.2) is 0 Å². The van der Waals surface area contributed by atoms with Gasteiger partial charge in [-0.2, -0.15) is 0 Å². The molecule has 1 saturated carbocycles. The van der Waals surface area contributed by atoms with Crippen LogP contribution in [0.4, 0.5) is 0 Å². The Bertz CT molecular complexity index is 648. The lowest BCUT2D eigenvalue weighted by Crippen LogP contribution is -2.50. The molecule has 2 rings (SSSR count). The van der Waals surface area contributed by atoms with Crippen molar-refractivity contribution in [3.63, 3.8) is 0 Å². The van der Waals surface area contributed by atoms with Crippen molar-refractivity contribution in [3.8, 4) is 0 Å². The summed E-state index contributed by atoms with van der Waals surface area (Å²) in [6.07, 6.45) is 4.25. The van der Waals surface area contributed by atoms with Crippen molar-refractivity contribution in [1.29, 1.82) is 0 Å². The molecule has 1 aromatic carbocycles. The maximum atomic E-state index is 12.5. The minimum atomic E-state index is -3.58. The van der Waals surface area contributed by atoms with Crippen LogP contribution in [0.1, 0.15) is 36.0 Å². The van der Waals surface area contributed by atoms with Crippen molar-refractivity contribution in [3.05, 3.63) is 29.8 Å². The Hall–Kier alpha value is -1.44. The third-order valence-corrected chi connectivity index (χ3v) is 6.15.